The van der Waals surface area contributed by atoms with Gasteiger partial charge in [-0.05, 0) is 0 Å². The lowest BCUT2D eigenvalue weighted by Gasteiger charge is -1.84. The Balaban J connectivity index is 3.08. The lowest BCUT2D eigenvalue weighted by molar-refractivity contribution is 0.0966. The number of hydrogen-bond donors (Lipinski definition) is 2. The van der Waals surface area contributed by atoms with Gasteiger partial charge in [-0.3, -0.25) is 4.79 Å². The van der Waals surface area contributed by atoms with Crippen LogP contribution in [-0.2, 0) is 0 Å². The number of rotatable bonds is 1. The molecular weight excluding hydrogens is 122 g/mol. The molecule has 9 heavy (non-hydrogen) atoms. The van der Waals surface area contributed by atoms with Gasteiger partial charge in [-0.2, -0.15) is 0 Å². The topological polar surface area (TPSA) is 95.1 Å². The Bertz CT molecular complexity index is 229. The molecule has 5 nitrogen and oxygen atoms in total. The highest BCUT2D eigenvalue weighted by Gasteiger charge is 2.09. The van der Waals surface area contributed by atoms with Gasteiger partial charge in [-0.15, -0.1) is 0 Å². The summed E-state index contributed by atoms with van der Waals surface area (Å²) in [7, 11) is 0. The van der Waals surface area contributed by atoms with Gasteiger partial charge in [-0.1, -0.05) is 5.16 Å². The van der Waals surface area contributed by atoms with Gasteiger partial charge < -0.3 is 16.0 Å². The number of anilines is 1. The monoisotopic (exact) mass is 127 g/mol. The Kier molecular flexibility index (Phi) is 1.11. The van der Waals surface area contributed by atoms with E-state index in [1.165, 1.54) is 6.20 Å². The average Bonchev–Trinajstić information content (AvgIpc) is 2.13. The first kappa shape index (κ1) is 5.61. The van der Waals surface area contributed by atoms with Gasteiger partial charge in [0.15, 0.2) is 0 Å². The molecule has 0 aromatic carbocycles. The molecule has 0 bridgehead atoms. The minimum absolute atomic E-state index is 0.0880. The molecule has 0 saturated heterocycles. The van der Waals surface area contributed by atoms with Crippen LogP contribution in [0.4, 0.5) is 5.69 Å². The molecule has 1 rings (SSSR count). The van der Waals surface area contributed by atoms with Crippen molar-refractivity contribution in [2.24, 2.45) is 5.73 Å². The second-order valence-corrected chi connectivity index (χ2v) is 1.47. The van der Waals surface area contributed by atoms with Crippen LogP contribution in [0, 0.1) is 0 Å². The lowest BCUT2D eigenvalue weighted by atomic mass is 10.4. The minimum atomic E-state index is -0.704. The first-order valence-corrected chi connectivity index (χ1v) is 2.22. The highest BCUT2D eigenvalue weighted by molar-refractivity contribution is 5.94. The Morgan fingerprint density at radius 3 is 2.67 bits per heavy atom. The van der Waals surface area contributed by atoms with E-state index in [2.05, 4.69) is 9.68 Å². The molecule has 1 aromatic rings. The first-order valence-electron chi connectivity index (χ1n) is 2.22. The number of nitrogens with two attached hydrogens (primary N) is 2. The Morgan fingerprint density at radius 1 is 1.78 bits per heavy atom. The van der Waals surface area contributed by atoms with E-state index in [1.807, 2.05) is 0 Å². The number of primary amides is 1. The number of aromatic nitrogens is 1. The van der Waals surface area contributed by atoms with E-state index >= 15 is 0 Å². The van der Waals surface area contributed by atoms with Crippen LogP contribution in [0.25, 0.3) is 0 Å². The van der Waals surface area contributed by atoms with Crippen molar-refractivity contribution in [2.45, 2.75) is 0 Å². The molecule has 5 heteroatoms. The predicted molar refractivity (Wildman–Crippen MR) is 29.4 cm³/mol. The average molecular weight is 127 g/mol. The van der Waals surface area contributed by atoms with E-state index < -0.39 is 5.91 Å². The molecule has 0 unspecified atom stereocenters. The van der Waals surface area contributed by atoms with Crippen molar-refractivity contribution in [3.63, 3.8) is 0 Å². The van der Waals surface area contributed by atoms with Crippen LogP contribution in [0.15, 0.2) is 10.7 Å². The van der Waals surface area contributed by atoms with Crippen LogP contribution < -0.4 is 11.5 Å². The molecule has 0 atom stereocenters. The quantitative estimate of drug-likeness (QED) is 0.524. The summed E-state index contributed by atoms with van der Waals surface area (Å²) in [5.74, 6) is -0.792. The van der Waals surface area contributed by atoms with Crippen molar-refractivity contribution < 1.29 is 9.32 Å². The largest absolute Gasteiger partial charge is 0.394 e. The van der Waals surface area contributed by atoms with Gasteiger partial charge in [0, 0.05) is 0 Å². The smallest absolute Gasteiger partial charge is 0.289 e. The van der Waals surface area contributed by atoms with Crippen LogP contribution in [0.5, 0.6) is 0 Å². The van der Waals surface area contributed by atoms with Gasteiger partial charge in [-0.25, -0.2) is 0 Å². The maximum absolute atomic E-state index is 10.3. The Labute approximate surface area is 50.6 Å². The molecule has 1 amide bonds. The number of hydrogen-bond acceptors (Lipinski definition) is 4. The maximum Gasteiger partial charge on any atom is 0.289 e. The summed E-state index contributed by atoms with van der Waals surface area (Å²) in [4.78, 5) is 10.3. The summed E-state index contributed by atoms with van der Waals surface area (Å²) in [5.41, 5.74) is 10.2. The maximum atomic E-state index is 10.3. The molecule has 0 saturated carbocycles. The van der Waals surface area contributed by atoms with Crippen LogP contribution in [-0.4, -0.2) is 11.1 Å². The summed E-state index contributed by atoms with van der Waals surface area (Å²) in [6, 6.07) is 0. The molecular formula is C4H5N3O2. The highest BCUT2D eigenvalue weighted by Crippen LogP contribution is 2.06. The summed E-state index contributed by atoms with van der Waals surface area (Å²) >= 11 is 0. The predicted octanol–water partition coefficient (Wildman–Crippen LogP) is -0.644. The van der Waals surface area contributed by atoms with E-state index in [1.54, 1.807) is 0 Å². The van der Waals surface area contributed by atoms with Crippen LogP contribution in [0.3, 0.4) is 0 Å². The van der Waals surface area contributed by atoms with Gasteiger partial charge in [0.25, 0.3) is 5.91 Å². The fourth-order valence-electron chi connectivity index (χ4n) is 0.434. The molecule has 0 radical (unpaired) electrons. The number of carbonyl (C=O) groups excluding carboxylic acids is 1. The third kappa shape index (κ3) is 0.835. The third-order valence-electron chi connectivity index (χ3n) is 0.822. The summed E-state index contributed by atoms with van der Waals surface area (Å²) in [6.07, 6.45) is 1.22. The van der Waals surface area contributed by atoms with Gasteiger partial charge in [0.2, 0.25) is 5.76 Å². The van der Waals surface area contributed by atoms with Crippen molar-refractivity contribution in [3.05, 3.63) is 12.0 Å². The zero-order valence-electron chi connectivity index (χ0n) is 4.50. The van der Waals surface area contributed by atoms with Gasteiger partial charge in [0.05, 0.1) is 6.20 Å². The van der Waals surface area contributed by atoms with Gasteiger partial charge in [0.1, 0.15) is 5.69 Å². The van der Waals surface area contributed by atoms with E-state index in [9.17, 15) is 4.79 Å². The number of nitrogen functional groups attached to an aromatic ring is 1. The van der Waals surface area contributed by atoms with Crippen LogP contribution in [0.2, 0.25) is 0 Å². The van der Waals surface area contributed by atoms with E-state index in [4.69, 9.17) is 11.5 Å². The fraction of sp³-hybridized carbons (Fsp3) is 0. The Morgan fingerprint density at radius 2 is 2.44 bits per heavy atom. The molecule has 1 aromatic heterocycles. The molecule has 1 heterocycles. The standard InChI is InChI=1S/C4H5N3O2/c5-2-1-7-9-3(2)4(6)8/h1H,5H2,(H2,6,8). The zero-order chi connectivity index (χ0) is 6.85. The molecule has 0 aliphatic heterocycles. The number of amides is 1. The summed E-state index contributed by atoms with van der Waals surface area (Å²) < 4.78 is 4.38. The van der Waals surface area contributed by atoms with E-state index in [0.29, 0.717) is 0 Å². The molecule has 0 spiro atoms. The van der Waals surface area contributed by atoms with Crippen LogP contribution in [0.1, 0.15) is 10.6 Å². The van der Waals surface area contributed by atoms with Crippen molar-refractivity contribution >= 4 is 11.6 Å². The number of carbonyl (C=O) groups is 1. The highest BCUT2D eigenvalue weighted by atomic mass is 16.5. The third-order valence-corrected chi connectivity index (χ3v) is 0.822. The first-order chi connectivity index (χ1) is 4.22. The van der Waals surface area contributed by atoms with Gasteiger partial charge >= 0.3 is 0 Å². The second-order valence-electron chi connectivity index (χ2n) is 1.47. The zero-order valence-corrected chi connectivity index (χ0v) is 4.50. The van der Waals surface area contributed by atoms with E-state index in [0.717, 1.165) is 0 Å². The number of nitrogens with zero attached hydrogens (tertiary/aromatic N) is 1. The van der Waals surface area contributed by atoms with Crippen LogP contribution >= 0.6 is 0 Å². The SMILES string of the molecule is NC(=O)c1oncc1N. The van der Waals surface area contributed by atoms with E-state index in [-0.39, 0.29) is 11.4 Å². The minimum Gasteiger partial charge on any atom is -0.394 e. The lowest BCUT2D eigenvalue weighted by Crippen LogP contribution is -2.11. The summed E-state index contributed by atoms with van der Waals surface area (Å²) in [5, 5.41) is 3.24. The molecule has 48 valence electrons. The fourth-order valence-corrected chi connectivity index (χ4v) is 0.434. The molecule has 0 aliphatic carbocycles. The van der Waals surface area contributed by atoms with Crippen molar-refractivity contribution in [1.82, 2.24) is 5.16 Å². The molecule has 0 fully saturated rings. The second kappa shape index (κ2) is 1.77. The normalized spacial score (nSPS) is 9.33. The molecule has 0 aliphatic rings. The summed E-state index contributed by atoms with van der Waals surface area (Å²) in [6.45, 7) is 0. The van der Waals surface area contributed by atoms with Crippen molar-refractivity contribution in [3.8, 4) is 0 Å². The van der Waals surface area contributed by atoms with Crippen molar-refractivity contribution in [1.29, 1.82) is 0 Å². The Hall–Kier alpha value is -1.52. The molecule has 4 N–H and O–H groups in total. The van der Waals surface area contributed by atoms with Crippen molar-refractivity contribution in [2.75, 3.05) is 5.73 Å².